The van der Waals surface area contributed by atoms with Gasteiger partial charge >= 0.3 is 5.97 Å². The second kappa shape index (κ2) is 7.50. The van der Waals surface area contributed by atoms with Gasteiger partial charge in [0.2, 0.25) is 5.91 Å². The molecular formula is C16H24N4O3. The molecule has 0 bridgehead atoms. The molecule has 1 fully saturated rings. The summed E-state index contributed by atoms with van der Waals surface area (Å²) in [6, 6.07) is 1.86. The lowest BCUT2D eigenvalue weighted by atomic mass is 10.1. The summed E-state index contributed by atoms with van der Waals surface area (Å²) >= 11 is 0. The van der Waals surface area contributed by atoms with Crippen LogP contribution in [0.1, 0.15) is 42.5 Å². The molecule has 0 unspecified atom stereocenters. The Morgan fingerprint density at radius 3 is 2.78 bits per heavy atom. The van der Waals surface area contributed by atoms with Gasteiger partial charge in [0.15, 0.2) is 0 Å². The maximum absolute atomic E-state index is 12.0. The standard InChI is InChI=1S/C16H24N4O3/c1-11-9-12(6-7-15(22)23)18-16(17-11)13-5-4-8-20(13)10-14(21)19(2)3/h9,13H,4-8,10H2,1-3H3,(H,22,23)/t13-/m1/s1. The van der Waals surface area contributed by atoms with Crippen LogP contribution >= 0.6 is 0 Å². The van der Waals surface area contributed by atoms with Crippen molar-refractivity contribution >= 4 is 11.9 Å². The number of carboxylic acids is 1. The minimum absolute atomic E-state index is 0.0300. The average Bonchev–Trinajstić information content (AvgIpc) is 2.92. The van der Waals surface area contributed by atoms with Crippen LogP contribution < -0.4 is 0 Å². The van der Waals surface area contributed by atoms with Gasteiger partial charge in [-0.3, -0.25) is 14.5 Å². The Bertz CT molecular complexity index is 589. The summed E-state index contributed by atoms with van der Waals surface area (Å²) in [7, 11) is 3.50. The maximum atomic E-state index is 12.0. The number of carboxylic acid groups (broad SMARTS) is 1. The first-order valence-electron chi connectivity index (χ1n) is 7.87. The first-order valence-corrected chi connectivity index (χ1v) is 7.87. The first-order chi connectivity index (χ1) is 10.9. The summed E-state index contributed by atoms with van der Waals surface area (Å²) < 4.78 is 0. The van der Waals surface area contributed by atoms with Crippen LogP contribution in [-0.2, 0) is 16.0 Å². The highest BCUT2D eigenvalue weighted by atomic mass is 16.4. The van der Waals surface area contributed by atoms with Crippen LogP contribution in [0.4, 0.5) is 0 Å². The second-order valence-electron chi connectivity index (χ2n) is 6.17. The topological polar surface area (TPSA) is 86.6 Å². The Hall–Kier alpha value is -2.02. The number of amides is 1. The lowest BCUT2D eigenvalue weighted by Crippen LogP contribution is -2.36. The van der Waals surface area contributed by atoms with Gasteiger partial charge in [-0.15, -0.1) is 0 Å². The molecule has 0 spiro atoms. The van der Waals surface area contributed by atoms with Crippen LogP contribution in [0.5, 0.6) is 0 Å². The molecular weight excluding hydrogens is 296 g/mol. The smallest absolute Gasteiger partial charge is 0.303 e. The molecule has 1 aliphatic rings. The van der Waals surface area contributed by atoms with Gasteiger partial charge in [0, 0.05) is 31.9 Å². The SMILES string of the molecule is Cc1cc(CCC(=O)O)nc([C@H]2CCCN2CC(=O)N(C)C)n1. The first kappa shape index (κ1) is 17.3. The molecule has 0 saturated carbocycles. The van der Waals surface area contributed by atoms with E-state index in [-0.39, 0.29) is 18.4 Å². The minimum Gasteiger partial charge on any atom is -0.481 e. The van der Waals surface area contributed by atoms with Crippen molar-refractivity contribution in [2.24, 2.45) is 0 Å². The van der Waals surface area contributed by atoms with E-state index in [0.717, 1.165) is 30.8 Å². The molecule has 1 atom stereocenters. The minimum atomic E-state index is -0.832. The van der Waals surface area contributed by atoms with Gasteiger partial charge in [-0.2, -0.15) is 0 Å². The molecule has 7 heteroatoms. The highest BCUT2D eigenvalue weighted by Gasteiger charge is 2.30. The summed E-state index contributed by atoms with van der Waals surface area (Å²) in [5.41, 5.74) is 1.59. The van der Waals surface area contributed by atoms with Gasteiger partial charge in [-0.05, 0) is 32.4 Å². The number of nitrogens with zero attached hydrogens (tertiary/aromatic N) is 4. The van der Waals surface area contributed by atoms with Crippen molar-refractivity contribution in [2.75, 3.05) is 27.2 Å². The van der Waals surface area contributed by atoms with Crippen LogP contribution in [0, 0.1) is 6.92 Å². The quantitative estimate of drug-likeness (QED) is 0.842. The fourth-order valence-electron chi connectivity index (χ4n) is 2.79. The number of carbonyl (C=O) groups is 2. The van der Waals surface area contributed by atoms with Gasteiger partial charge in [0.05, 0.1) is 19.0 Å². The van der Waals surface area contributed by atoms with Crippen molar-refractivity contribution in [3.8, 4) is 0 Å². The molecule has 1 aliphatic heterocycles. The highest BCUT2D eigenvalue weighted by molar-refractivity contribution is 5.77. The molecule has 1 N–H and O–H groups in total. The number of aliphatic carboxylic acids is 1. The number of carbonyl (C=O) groups excluding carboxylic acids is 1. The predicted molar refractivity (Wildman–Crippen MR) is 85.0 cm³/mol. The highest BCUT2D eigenvalue weighted by Crippen LogP contribution is 2.29. The van der Waals surface area contributed by atoms with Gasteiger partial charge in [-0.25, -0.2) is 9.97 Å². The Labute approximate surface area is 136 Å². The van der Waals surface area contributed by atoms with E-state index >= 15 is 0 Å². The molecule has 23 heavy (non-hydrogen) atoms. The fourth-order valence-corrected chi connectivity index (χ4v) is 2.79. The molecule has 1 amide bonds. The molecule has 2 rings (SSSR count). The van der Waals surface area contributed by atoms with E-state index in [9.17, 15) is 9.59 Å². The molecule has 0 aromatic carbocycles. The largest absolute Gasteiger partial charge is 0.481 e. The number of hydrogen-bond acceptors (Lipinski definition) is 5. The monoisotopic (exact) mass is 320 g/mol. The van der Waals surface area contributed by atoms with Crippen LogP contribution in [0.15, 0.2) is 6.07 Å². The molecule has 1 aromatic rings. The fraction of sp³-hybridized carbons (Fsp3) is 0.625. The predicted octanol–water partition coefficient (Wildman–Crippen LogP) is 1.03. The number of likely N-dealkylation sites (N-methyl/N-ethyl adjacent to an activating group) is 1. The Balaban J connectivity index is 2.15. The van der Waals surface area contributed by atoms with E-state index in [4.69, 9.17) is 5.11 Å². The van der Waals surface area contributed by atoms with Crippen molar-refractivity contribution in [1.82, 2.24) is 19.8 Å². The number of aryl methyl sites for hydroxylation is 2. The number of hydrogen-bond donors (Lipinski definition) is 1. The number of rotatable bonds is 6. The Kier molecular flexibility index (Phi) is 5.65. The zero-order chi connectivity index (χ0) is 17.0. The van der Waals surface area contributed by atoms with E-state index in [2.05, 4.69) is 14.9 Å². The lowest BCUT2D eigenvalue weighted by molar-refractivity contribution is -0.137. The van der Waals surface area contributed by atoms with Crippen molar-refractivity contribution in [1.29, 1.82) is 0 Å². The number of likely N-dealkylation sites (tertiary alicyclic amines) is 1. The van der Waals surface area contributed by atoms with Gasteiger partial charge in [0.25, 0.3) is 0 Å². The Morgan fingerprint density at radius 1 is 1.39 bits per heavy atom. The van der Waals surface area contributed by atoms with Crippen molar-refractivity contribution < 1.29 is 14.7 Å². The summed E-state index contributed by atoms with van der Waals surface area (Å²) in [6.45, 7) is 3.10. The molecule has 0 radical (unpaired) electrons. The molecule has 1 aromatic heterocycles. The molecule has 1 saturated heterocycles. The van der Waals surface area contributed by atoms with E-state index < -0.39 is 5.97 Å². The lowest BCUT2D eigenvalue weighted by Gasteiger charge is -2.24. The molecule has 0 aliphatic carbocycles. The normalized spacial score (nSPS) is 18.1. The van der Waals surface area contributed by atoms with Crippen LogP contribution in [-0.4, -0.2) is 63.9 Å². The van der Waals surface area contributed by atoms with E-state index in [1.807, 2.05) is 13.0 Å². The molecule has 2 heterocycles. The Morgan fingerprint density at radius 2 is 2.13 bits per heavy atom. The second-order valence-corrected chi connectivity index (χ2v) is 6.17. The van der Waals surface area contributed by atoms with E-state index in [0.29, 0.717) is 18.8 Å². The van der Waals surface area contributed by atoms with Gasteiger partial charge in [-0.1, -0.05) is 0 Å². The summed E-state index contributed by atoms with van der Waals surface area (Å²) in [5.74, 6) is -0.0630. The van der Waals surface area contributed by atoms with Crippen LogP contribution in [0.25, 0.3) is 0 Å². The summed E-state index contributed by atoms with van der Waals surface area (Å²) in [6.07, 6.45) is 2.38. The van der Waals surface area contributed by atoms with Gasteiger partial charge < -0.3 is 10.0 Å². The average molecular weight is 320 g/mol. The van der Waals surface area contributed by atoms with Gasteiger partial charge in [0.1, 0.15) is 5.82 Å². The zero-order valence-corrected chi connectivity index (χ0v) is 13.9. The van der Waals surface area contributed by atoms with Crippen LogP contribution in [0.3, 0.4) is 0 Å². The maximum Gasteiger partial charge on any atom is 0.303 e. The molecule has 7 nitrogen and oxygen atoms in total. The summed E-state index contributed by atoms with van der Waals surface area (Å²) in [4.78, 5) is 35.5. The van der Waals surface area contributed by atoms with E-state index in [1.54, 1.807) is 19.0 Å². The third-order valence-corrected chi connectivity index (χ3v) is 4.02. The summed E-state index contributed by atoms with van der Waals surface area (Å²) in [5, 5.41) is 8.82. The van der Waals surface area contributed by atoms with Crippen molar-refractivity contribution in [3.63, 3.8) is 0 Å². The van der Waals surface area contributed by atoms with Crippen molar-refractivity contribution in [3.05, 3.63) is 23.3 Å². The third-order valence-electron chi connectivity index (χ3n) is 4.02. The van der Waals surface area contributed by atoms with Crippen LogP contribution in [0.2, 0.25) is 0 Å². The third kappa shape index (κ3) is 4.72. The number of aromatic nitrogens is 2. The zero-order valence-electron chi connectivity index (χ0n) is 13.9. The van der Waals surface area contributed by atoms with Crippen molar-refractivity contribution in [2.45, 2.75) is 38.6 Å². The molecule has 126 valence electrons. The van der Waals surface area contributed by atoms with E-state index in [1.165, 1.54) is 0 Å².